The fourth-order valence-electron chi connectivity index (χ4n) is 3.84. The summed E-state index contributed by atoms with van der Waals surface area (Å²) >= 11 is 0. The van der Waals surface area contributed by atoms with E-state index in [1.807, 2.05) is 18.2 Å². The number of hydrogen-bond donors (Lipinski definition) is 0. The van der Waals surface area contributed by atoms with Gasteiger partial charge in [0.25, 0.3) is 0 Å². The second kappa shape index (κ2) is 6.76. The molecule has 26 heavy (non-hydrogen) atoms. The quantitative estimate of drug-likeness (QED) is 0.489. The number of fused-ring (bicyclic) bond motifs is 1. The molecule has 1 heteroatoms. The molecule has 128 valence electrons. The summed E-state index contributed by atoms with van der Waals surface area (Å²) in [4.78, 5) is 0. The van der Waals surface area contributed by atoms with Crippen LogP contribution < -0.4 is 0 Å². The molecule has 0 aliphatic heterocycles. The fraction of sp³-hybridized carbons (Fsp3) is 0.120. The Labute approximate surface area is 154 Å². The first-order valence-corrected chi connectivity index (χ1v) is 8.98. The van der Waals surface area contributed by atoms with Crippen LogP contribution in [-0.2, 0) is 0 Å². The lowest BCUT2D eigenvalue weighted by atomic mass is 9.91. The SMILES string of the molecule is CC1=C(C=C(c2ccccc2)c2ccccc2)C(C)c2cc(F)ccc21. The molecule has 1 atom stereocenters. The molecule has 0 saturated heterocycles. The summed E-state index contributed by atoms with van der Waals surface area (Å²) in [5.41, 5.74) is 8.30. The molecule has 0 fully saturated rings. The number of halogens is 1. The summed E-state index contributed by atoms with van der Waals surface area (Å²) in [6.07, 6.45) is 2.28. The first-order chi connectivity index (χ1) is 12.6. The molecule has 0 amide bonds. The second-order valence-corrected chi connectivity index (χ2v) is 6.82. The molecule has 1 aliphatic rings. The molecule has 3 aromatic carbocycles. The van der Waals surface area contributed by atoms with Gasteiger partial charge in [-0.05, 0) is 64.1 Å². The maximum absolute atomic E-state index is 13.7. The Hall–Kier alpha value is -2.93. The average molecular weight is 340 g/mol. The van der Waals surface area contributed by atoms with Gasteiger partial charge in [-0.3, -0.25) is 0 Å². The molecule has 4 rings (SSSR count). The van der Waals surface area contributed by atoms with Crippen molar-refractivity contribution < 1.29 is 4.39 Å². The Kier molecular flexibility index (Phi) is 4.30. The second-order valence-electron chi connectivity index (χ2n) is 6.82. The van der Waals surface area contributed by atoms with Gasteiger partial charge in [-0.1, -0.05) is 73.7 Å². The molecule has 1 aliphatic carbocycles. The van der Waals surface area contributed by atoms with Crippen molar-refractivity contribution in [2.45, 2.75) is 19.8 Å². The van der Waals surface area contributed by atoms with Crippen molar-refractivity contribution in [2.75, 3.05) is 0 Å². The summed E-state index contributed by atoms with van der Waals surface area (Å²) in [5, 5.41) is 0. The van der Waals surface area contributed by atoms with Crippen LogP contribution in [0.4, 0.5) is 4.39 Å². The lowest BCUT2D eigenvalue weighted by molar-refractivity contribution is 0.624. The van der Waals surface area contributed by atoms with Crippen LogP contribution in [0.15, 0.2) is 90.5 Å². The Bertz CT molecular complexity index is 953. The van der Waals surface area contributed by atoms with Crippen LogP contribution in [-0.4, -0.2) is 0 Å². The van der Waals surface area contributed by atoms with Crippen molar-refractivity contribution in [3.8, 4) is 0 Å². The topological polar surface area (TPSA) is 0 Å². The molecule has 0 heterocycles. The van der Waals surface area contributed by atoms with Crippen molar-refractivity contribution >= 4 is 11.1 Å². The van der Waals surface area contributed by atoms with Crippen LogP contribution >= 0.6 is 0 Å². The Morgan fingerprint density at radius 2 is 1.42 bits per heavy atom. The fourth-order valence-corrected chi connectivity index (χ4v) is 3.84. The lowest BCUT2D eigenvalue weighted by Gasteiger charge is -2.13. The van der Waals surface area contributed by atoms with E-state index in [-0.39, 0.29) is 11.7 Å². The minimum Gasteiger partial charge on any atom is -0.207 e. The number of rotatable bonds is 3. The van der Waals surface area contributed by atoms with Gasteiger partial charge in [-0.15, -0.1) is 0 Å². The predicted molar refractivity (Wildman–Crippen MR) is 107 cm³/mol. The summed E-state index contributed by atoms with van der Waals surface area (Å²) in [7, 11) is 0. The van der Waals surface area contributed by atoms with Gasteiger partial charge in [0.2, 0.25) is 0 Å². The zero-order chi connectivity index (χ0) is 18.1. The van der Waals surface area contributed by atoms with E-state index >= 15 is 0 Å². The summed E-state index contributed by atoms with van der Waals surface area (Å²) in [6.45, 7) is 4.30. The highest BCUT2D eigenvalue weighted by Gasteiger charge is 2.25. The van der Waals surface area contributed by atoms with Gasteiger partial charge < -0.3 is 0 Å². The minimum atomic E-state index is -0.167. The van der Waals surface area contributed by atoms with Crippen molar-refractivity contribution in [2.24, 2.45) is 0 Å². The molecule has 0 nitrogen and oxygen atoms in total. The molecule has 0 saturated carbocycles. The molecule has 0 N–H and O–H groups in total. The van der Waals surface area contributed by atoms with E-state index in [1.54, 1.807) is 12.1 Å². The van der Waals surface area contributed by atoms with Crippen molar-refractivity contribution in [1.29, 1.82) is 0 Å². The number of allylic oxidation sites excluding steroid dienone is 3. The predicted octanol–water partition coefficient (Wildman–Crippen LogP) is 6.85. The van der Waals surface area contributed by atoms with E-state index in [0.717, 1.165) is 11.1 Å². The monoisotopic (exact) mass is 340 g/mol. The minimum absolute atomic E-state index is 0.167. The van der Waals surface area contributed by atoms with Crippen molar-refractivity contribution in [3.63, 3.8) is 0 Å². The van der Waals surface area contributed by atoms with Crippen LogP contribution in [0.3, 0.4) is 0 Å². The third-order valence-corrected chi connectivity index (χ3v) is 5.25. The van der Waals surface area contributed by atoms with Crippen LogP contribution in [0.5, 0.6) is 0 Å². The van der Waals surface area contributed by atoms with Gasteiger partial charge in [0, 0.05) is 5.92 Å². The molecule has 3 aromatic rings. The highest BCUT2D eigenvalue weighted by molar-refractivity contribution is 5.87. The summed E-state index contributed by atoms with van der Waals surface area (Å²) in [6, 6.07) is 26.0. The van der Waals surface area contributed by atoms with Crippen LogP contribution in [0.25, 0.3) is 11.1 Å². The van der Waals surface area contributed by atoms with E-state index in [9.17, 15) is 4.39 Å². The third-order valence-electron chi connectivity index (χ3n) is 5.25. The first kappa shape index (κ1) is 16.5. The molecular weight excluding hydrogens is 319 g/mol. The number of benzene rings is 3. The van der Waals surface area contributed by atoms with E-state index < -0.39 is 0 Å². The third kappa shape index (κ3) is 2.90. The maximum Gasteiger partial charge on any atom is 0.123 e. The molecule has 0 radical (unpaired) electrons. The number of hydrogen-bond acceptors (Lipinski definition) is 0. The Morgan fingerprint density at radius 1 is 0.846 bits per heavy atom. The molecule has 0 bridgehead atoms. The summed E-state index contributed by atoms with van der Waals surface area (Å²) in [5.74, 6) is 0.0168. The van der Waals surface area contributed by atoms with E-state index in [4.69, 9.17) is 0 Å². The van der Waals surface area contributed by atoms with E-state index in [2.05, 4.69) is 68.5 Å². The van der Waals surface area contributed by atoms with Crippen LogP contribution in [0.1, 0.15) is 42.0 Å². The first-order valence-electron chi connectivity index (χ1n) is 8.98. The van der Waals surface area contributed by atoms with Gasteiger partial charge in [0.15, 0.2) is 0 Å². The smallest absolute Gasteiger partial charge is 0.123 e. The van der Waals surface area contributed by atoms with Gasteiger partial charge in [-0.25, -0.2) is 4.39 Å². The molecular formula is C25H21F. The molecule has 0 spiro atoms. The van der Waals surface area contributed by atoms with Gasteiger partial charge >= 0.3 is 0 Å². The van der Waals surface area contributed by atoms with Crippen LogP contribution in [0.2, 0.25) is 0 Å². The highest BCUT2D eigenvalue weighted by atomic mass is 19.1. The van der Waals surface area contributed by atoms with Crippen molar-refractivity contribution in [1.82, 2.24) is 0 Å². The highest BCUT2D eigenvalue weighted by Crippen LogP contribution is 2.43. The van der Waals surface area contributed by atoms with Gasteiger partial charge in [0.05, 0.1) is 0 Å². The Morgan fingerprint density at radius 3 is 2.00 bits per heavy atom. The summed E-state index contributed by atoms with van der Waals surface area (Å²) < 4.78 is 13.7. The Balaban J connectivity index is 1.87. The van der Waals surface area contributed by atoms with Crippen LogP contribution in [0, 0.1) is 5.82 Å². The molecule has 1 unspecified atom stereocenters. The van der Waals surface area contributed by atoms with E-state index in [0.29, 0.717) is 0 Å². The van der Waals surface area contributed by atoms with Gasteiger partial charge in [0.1, 0.15) is 5.82 Å². The standard InChI is InChI=1S/C25H21F/c1-17-22-14-13-21(26)15-24(22)18(2)23(17)16-25(19-9-5-3-6-10-19)20-11-7-4-8-12-20/h3-16,18H,1-2H3. The van der Waals surface area contributed by atoms with E-state index in [1.165, 1.54) is 27.8 Å². The zero-order valence-corrected chi connectivity index (χ0v) is 15.0. The zero-order valence-electron chi connectivity index (χ0n) is 15.0. The average Bonchev–Trinajstić information content (AvgIpc) is 2.91. The molecule has 0 aromatic heterocycles. The largest absolute Gasteiger partial charge is 0.207 e. The van der Waals surface area contributed by atoms with Gasteiger partial charge in [-0.2, -0.15) is 0 Å². The van der Waals surface area contributed by atoms with Crippen molar-refractivity contribution in [3.05, 3.63) is 119 Å². The normalized spacial score (nSPS) is 15.7. The maximum atomic E-state index is 13.7. The lowest BCUT2D eigenvalue weighted by Crippen LogP contribution is -1.95.